The molecule has 0 unspecified atom stereocenters. The summed E-state index contributed by atoms with van der Waals surface area (Å²) >= 11 is 0. The number of hydrogen-bond acceptors (Lipinski definition) is 1. The van der Waals surface area contributed by atoms with Crippen LogP contribution in [0.3, 0.4) is 0 Å². The normalized spacial score (nSPS) is 25.9. The number of unbranched alkanes of at least 4 members (excludes halogenated alkanes) is 2. The highest BCUT2D eigenvalue weighted by molar-refractivity contribution is 5.07. The van der Waals surface area contributed by atoms with Gasteiger partial charge in [-0.05, 0) is 32.6 Å². The maximum Gasteiger partial charge on any atom is 0.0712 e. The van der Waals surface area contributed by atoms with Crippen molar-refractivity contribution in [3.05, 3.63) is 0 Å². The molecule has 0 spiro atoms. The van der Waals surface area contributed by atoms with E-state index in [9.17, 15) is 0 Å². The van der Waals surface area contributed by atoms with Crippen molar-refractivity contribution < 1.29 is 4.74 Å². The Hall–Kier alpha value is -0.480. The fraction of sp³-hybridized carbons (Fsp3) is 0.846. The van der Waals surface area contributed by atoms with Crippen molar-refractivity contribution in [1.82, 2.24) is 0 Å². The highest BCUT2D eigenvalue weighted by atomic mass is 16.5. The minimum atomic E-state index is 0.425. The van der Waals surface area contributed by atoms with Crippen LogP contribution in [0.15, 0.2) is 0 Å². The molecule has 80 valence electrons. The van der Waals surface area contributed by atoms with Crippen LogP contribution in [-0.4, -0.2) is 12.7 Å². The molecular formula is C13H22O. The summed E-state index contributed by atoms with van der Waals surface area (Å²) in [6.45, 7) is 5.11. The fourth-order valence-corrected chi connectivity index (χ4v) is 1.97. The summed E-state index contributed by atoms with van der Waals surface area (Å²) in [4.78, 5) is 0. The van der Waals surface area contributed by atoms with E-state index < -0.39 is 0 Å². The SMILES string of the molecule is CCCCC#C[C@@H]1CCC[C@H]1OCC. The average molecular weight is 194 g/mol. The number of ether oxygens (including phenoxy) is 1. The molecule has 0 aromatic rings. The quantitative estimate of drug-likeness (QED) is 0.492. The van der Waals surface area contributed by atoms with E-state index >= 15 is 0 Å². The van der Waals surface area contributed by atoms with E-state index in [1.54, 1.807) is 0 Å². The van der Waals surface area contributed by atoms with E-state index in [0.29, 0.717) is 12.0 Å². The van der Waals surface area contributed by atoms with Gasteiger partial charge in [-0.1, -0.05) is 19.3 Å². The van der Waals surface area contributed by atoms with E-state index in [1.165, 1.54) is 32.1 Å². The Bertz CT molecular complexity index is 199. The summed E-state index contributed by atoms with van der Waals surface area (Å²) in [7, 11) is 0. The third-order valence-electron chi connectivity index (χ3n) is 2.78. The Morgan fingerprint density at radius 1 is 1.29 bits per heavy atom. The van der Waals surface area contributed by atoms with Gasteiger partial charge in [0, 0.05) is 18.9 Å². The Morgan fingerprint density at radius 2 is 2.14 bits per heavy atom. The van der Waals surface area contributed by atoms with E-state index in [0.717, 1.165) is 13.0 Å². The second kappa shape index (κ2) is 6.90. The first-order valence-electron chi connectivity index (χ1n) is 5.98. The van der Waals surface area contributed by atoms with Gasteiger partial charge < -0.3 is 4.74 Å². The third-order valence-corrected chi connectivity index (χ3v) is 2.78. The Kier molecular flexibility index (Phi) is 5.71. The van der Waals surface area contributed by atoms with Crippen LogP contribution in [0.25, 0.3) is 0 Å². The lowest BCUT2D eigenvalue weighted by Gasteiger charge is -2.13. The first-order chi connectivity index (χ1) is 6.88. The van der Waals surface area contributed by atoms with Crippen LogP contribution in [-0.2, 0) is 4.74 Å². The van der Waals surface area contributed by atoms with Gasteiger partial charge in [-0.2, -0.15) is 0 Å². The molecule has 1 aliphatic carbocycles. The molecule has 1 fully saturated rings. The van der Waals surface area contributed by atoms with Crippen LogP contribution in [0.2, 0.25) is 0 Å². The van der Waals surface area contributed by atoms with Gasteiger partial charge in [0.2, 0.25) is 0 Å². The van der Waals surface area contributed by atoms with Crippen LogP contribution >= 0.6 is 0 Å². The molecule has 1 aliphatic rings. The summed E-state index contributed by atoms with van der Waals surface area (Å²) in [6, 6.07) is 0. The lowest BCUT2D eigenvalue weighted by molar-refractivity contribution is 0.0510. The highest BCUT2D eigenvalue weighted by Gasteiger charge is 2.25. The van der Waals surface area contributed by atoms with Crippen LogP contribution < -0.4 is 0 Å². The Morgan fingerprint density at radius 3 is 2.86 bits per heavy atom. The molecule has 2 atom stereocenters. The van der Waals surface area contributed by atoms with Gasteiger partial charge in [0.15, 0.2) is 0 Å². The van der Waals surface area contributed by atoms with Gasteiger partial charge in [0.25, 0.3) is 0 Å². The second-order valence-electron chi connectivity index (χ2n) is 3.96. The zero-order chi connectivity index (χ0) is 10.2. The largest absolute Gasteiger partial charge is 0.377 e. The fourth-order valence-electron chi connectivity index (χ4n) is 1.97. The lowest BCUT2D eigenvalue weighted by Crippen LogP contribution is -2.16. The predicted molar refractivity (Wildman–Crippen MR) is 60.1 cm³/mol. The Balaban J connectivity index is 2.29. The minimum absolute atomic E-state index is 0.425. The van der Waals surface area contributed by atoms with E-state index in [2.05, 4.69) is 25.7 Å². The maximum atomic E-state index is 5.67. The van der Waals surface area contributed by atoms with Crippen molar-refractivity contribution in [3.63, 3.8) is 0 Å². The van der Waals surface area contributed by atoms with Gasteiger partial charge in [0.05, 0.1) is 6.10 Å². The van der Waals surface area contributed by atoms with Crippen molar-refractivity contribution in [3.8, 4) is 11.8 Å². The van der Waals surface area contributed by atoms with Gasteiger partial charge >= 0.3 is 0 Å². The predicted octanol–water partition coefficient (Wildman–Crippen LogP) is 3.39. The molecule has 1 nitrogen and oxygen atoms in total. The summed E-state index contributed by atoms with van der Waals surface area (Å²) in [5.41, 5.74) is 0. The highest BCUT2D eigenvalue weighted by Crippen LogP contribution is 2.27. The van der Waals surface area contributed by atoms with Crippen molar-refractivity contribution in [2.75, 3.05) is 6.61 Å². The van der Waals surface area contributed by atoms with Crippen LogP contribution in [0.1, 0.15) is 52.4 Å². The van der Waals surface area contributed by atoms with Gasteiger partial charge in [-0.15, -0.1) is 5.92 Å². The number of hydrogen-bond donors (Lipinski definition) is 0. The standard InChI is InChI=1S/C13H22O/c1-3-5-6-7-9-12-10-8-11-13(12)14-4-2/h12-13H,3-6,8,10-11H2,1-2H3/t12-,13-/m1/s1. The molecule has 0 aromatic heterocycles. The van der Waals surface area contributed by atoms with Gasteiger partial charge in [-0.25, -0.2) is 0 Å². The molecule has 1 rings (SSSR count). The van der Waals surface area contributed by atoms with Crippen LogP contribution in [0.5, 0.6) is 0 Å². The van der Waals surface area contributed by atoms with Crippen molar-refractivity contribution in [1.29, 1.82) is 0 Å². The molecule has 1 saturated carbocycles. The van der Waals surface area contributed by atoms with E-state index in [-0.39, 0.29) is 0 Å². The van der Waals surface area contributed by atoms with Crippen molar-refractivity contribution in [2.24, 2.45) is 5.92 Å². The van der Waals surface area contributed by atoms with Gasteiger partial charge in [-0.3, -0.25) is 0 Å². The average Bonchev–Trinajstić information content (AvgIpc) is 2.61. The summed E-state index contributed by atoms with van der Waals surface area (Å²) in [6.07, 6.45) is 7.70. The topological polar surface area (TPSA) is 9.23 Å². The first kappa shape index (κ1) is 11.6. The zero-order valence-electron chi connectivity index (χ0n) is 9.51. The molecule has 14 heavy (non-hydrogen) atoms. The summed E-state index contributed by atoms with van der Waals surface area (Å²) < 4.78 is 5.67. The van der Waals surface area contributed by atoms with E-state index in [4.69, 9.17) is 4.74 Å². The molecule has 0 saturated heterocycles. The molecule has 0 radical (unpaired) electrons. The molecule has 0 bridgehead atoms. The number of rotatable bonds is 4. The first-order valence-corrected chi connectivity index (χ1v) is 5.98. The molecule has 0 aromatic carbocycles. The smallest absolute Gasteiger partial charge is 0.0712 e. The molecule has 0 amide bonds. The van der Waals surface area contributed by atoms with Crippen molar-refractivity contribution in [2.45, 2.75) is 58.5 Å². The van der Waals surface area contributed by atoms with Crippen molar-refractivity contribution >= 4 is 0 Å². The second-order valence-corrected chi connectivity index (χ2v) is 3.96. The zero-order valence-corrected chi connectivity index (χ0v) is 9.51. The third kappa shape index (κ3) is 3.72. The molecule has 0 N–H and O–H groups in total. The maximum absolute atomic E-state index is 5.67. The molecule has 1 heteroatoms. The monoisotopic (exact) mass is 194 g/mol. The molecule has 0 aliphatic heterocycles. The summed E-state index contributed by atoms with van der Waals surface area (Å²) in [5, 5.41) is 0. The molecule has 0 heterocycles. The minimum Gasteiger partial charge on any atom is -0.377 e. The Labute approximate surface area is 88.2 Å². The van der Waals surface area contributed by atoms with E-state index in [1.807, 2.05) is 0 Å². The lowest BCUT2D eigenvalue weighted by atomic mass is 10.1. The molecular weight excluding hydrogens is 172 g/mol. The van der Waals surface area contributed by atoms with Gasteiger partial charge in [0.1, 0.15) is 0 Å². The van der Waals surface area contributed by atoms with Crippen LogP contribution in [0, 0.1) is 17.8 Å². The summed E-state index contributed by atoms with van der Waals surface area (Å²) in [5.74, 6) is 7.18. The van der Waals surface area contributed by atoms with Crippen LogP contribution in [0.4, 0.5) is 0 Å².